The number of ketones is 2. The average Bonchev–Trinajstić information content (AvgIpc) is 3.33. The molecule has 0 radical (unpaired) electrons. The van der Waals surface area contributed by atoms with Crippen LogP contribution in [0.2, 0.25) is 0 Å². The lowest BCUT2D eigenvalue weighted by atomic mass is 9.83. The number of likely N-dealkylation sites (tertiary alicyclic amines) is 1. The van der Waals surface area contributed by atoms with Crippen molar-refractivity contribution in [1.82, 2.24) is 20.9 Å². The Balaban J connectivity index is 1.44. The maximum absolute atomic E-state index is 14.3. The van der Waals surface area contributed by atoms with Gasteiger partial charge in [0.2, 0.25) is 17.6 Å². The van der Waals surface area contributed by atoms with Crippen LogP contribution in [0.3, 0.4) is 0 Å². The number of amides is 4. The molecular formula is C36H58N4O7. The zero-order chi connectivity index (χ0) is 34.5. The Morgan fingerprint density at radius 2 is 1.51 bits per heavy atom. The minimum absolute atomic E-state index is 0.0728. The minimum atomic E-state index is -1.08. The molecule has 47 heavy (non-hydrogen) atoms. The van der Waals surface area contributed by atoms with E-state index < -0.39 is 47.4 Å². The monoisotopic (exact) mass is 658 g/mol. The van der Waals surface area contributed by atoms with Gasteiger partial charge in [-0.2, -0.15) is 0 Å². The molecule has 4 amide bonds. The molecule has 11 heteroatoms. The average molecular weight is 659 g/mol. The van der Waals surface area contributed by atoms with Crippen LogP contribution < -0.4 is 16.0 Å². The molecule has 0 aromatic heterocycles. The molecule has 1 saturated heterocycles. The van der Waals surface area contributed by atoms with Crippen LogP contribution in [0.25, 0.3) is 0 Å². The quantitative estimate of drug-likeness (QED) is 0.247. The van der Waals surface area contributed by atoms with Crippen LogP contribution >= 0.6 is 0 Å². The van der Waals surface area contributed by atoms with Crippen molar-refractivity contribution in [3.63, 3.8) is 0 Å². The van der Waals surface area contributed by atoms with Crippen molar-refractivity contribution in [2.24, 2.45) is 29.1 Å². The Morgan fingerprint density at radius 3 is 2.11 bits per heavy atom. The van der Waals surface area contributed by atoms with E-state index in [0.29, 0.717) is 25.3 Å². The van der Waals surface area contributed by atoms with E-state index in [4.69, 9.17) is 4.74 Å². The van der Waals surface area contributed by atoms with Crippen molar-refractivity contribution in [2.45, 2.75) is 149 Å². The second kappa shape index (κ2) is 15.5. The van der Waals surface area contributed by atoms with E-state index in [1.54, 1.807) is 25.7 Å². The van der Waals surface area contributed by atoms with E-state index in [0.717, 1.165) is 57.8 Å². The summed E-state index contributed by atoms with van der Waals surface area (Å²) >= 11 is 0. The summed E-state index contributed by atoms with van der Waals surface area (Å²) in [6, 6.07) is -2.74. The van der Waals surface area contributed by atoms with Crippen molar-refractivity contribution < 1.29 is 33.5 Å². The Morgan fingerprint density at radius 1 is 0.894 bits per heavy atom. The van der Waals surface area contributed by atoms with E-state index in [-0.39, 0.29) is 47.8 Å². The van der Waals surface area contributed by atoms with Crippen molar-refractivity contribution >= 4 is 35.4 Å². The molecule has 4 rings (SSSR count). The zero-order valence-corrected chi connectivity index (χ0v) is 29.5. The van der Waals surface area contributed by atoms with Gasteiger partial charge in [-0.25, -0.2) is 4.79 Å². The number of nitrogens with one attached hydrogen (secondary N) is 3. The summed E-state index contributed by atoms with van der Waals surface area (Å²) in [5, 5.41) is 8.17. The van der Waals surface area contributed by atoms with Crippen LogP contribution in [0.4, 0.5) is 4.79 Å². The Labute approximate surface area is 280 Å². The summed E-state index contributed by atoms with van der Waals surface area (Å²) in [4.78, 5) is 81.5. The first-order valence-corrected chi connectivity index (χ1v) is 18.1. The van der Waals surface area contributed by atoms with Gasteiger partial charge in [-0.1, -0.05) is 78.6 Å². The van der Waals surface area contributed by atoms with Gasteiger partial charge in [-0.3, -0.25) is 24.0 Å². The fourth-order valence-electron chi connectivity index (χ4n) is 8.30. The first-order valence-electron chi connectivity index (χ1n) is 18.1. The second-order valence-corrected chi connectivity index (χ2v) is 16.1. The number of fused-ring (bicyclic) bond motifs is 1. The van der Waals surface area contributed by atoms with Crippen molar-refractivity contribution in [3.8, 4) is 0 Å². The highest BCUT2D eigenvalue weighted by molar-refractivity contribution is 6.38. The summed E-state index contributed by atoms with van der Waals surface area (Å²) in [7, 11) is 0. The SMILES string of the molecule is CCCC(NC(=O)C1C2C(CN1C(=O)C(NC(=O)OC(C)(C)C)C1CCCCC1)C2(C)C)C(=O)C(=O)NCC(=O)CC1CCCCC1. The highest BCUT2D eigenvalue weighted by atomic mass is 16.6. The molecule has 3 N–H and O–H groups in total. The van der Waals surface area contributed by atoms with Gasteiger partial charge in [-0.15, -0.1) is 0 Å². The van der Waals surface area contributed by atoms with Crippen LogP contribution in [0.15, 0.2) is 0 Å². The van der Waals surface area contributed by atoms with E-state index in [9.17, 15) is 28.8 Å². The number of ether oxygens (including phenoxy) is 1. The molecule has 11 nitrogen and oxygen atoms in total. The number of rotatable bonds is 13. The molecule has 5 unspecified atom stereocenters. The number of hydrogen-bond donors (Lipinski definition) is 3. The molecular weight excluding hydrogens is 600 g/mol. The molecule has 5 atom stereocenters. The molecule has 3 aliphatic carbocycles. The number of nitrogens with zero attached hydrogens (tertiary/aromatic N) is 1. The standard InChI is InChI=1S/C36H58N4O7/c1-7-14-26(30(42)32(44)37-20-24(41)19-22-15-10-8-11-16-22)38-31(43)29-27-25(36(27,5)6)21-40(29)33(45)28(23-17-12-9-13-18-23)39-34(46)47-35(2,3)4/h22-23,25-29H,7-21H2,1-6H3,(H,37,44)(H,38,43)(H,39,46). The molecule has 0 spiro atoms. The number of carbonyl (C=O) groups excluding carboxylic acids is 6. The molecule has 1 aliphatic heterocycles. The molecule has 0 aromatic rings. The van der Waals surface area contributed by atoms with Crippen molar-refractivity contribution in [3.05, 3.63) is 0 Å². The minimum Gasteiger partial charge on any atom is -0.444 e. The third kappa shape index (κ3) is 9.34. The van der Waals surface area contributed by atoms with Crippen LogP contribution in [0, 0.1) is 29.1 Å². The van der Waals surface area contributed by atoms with E-state index >= 15 is 0 Å². The summed E-state index contributed by atoms with van der Waals surface area (Å²) in [5.74, 6) is -2.29. The number of piperidine rings is 1. The first kappa shape index (κ1) is 36.8. The van der Waals surface area contributed by atoms with E-state index in [1.165, 1.54) is 6.42 Å². The third-order valence-corrected chi connectivity index (χ3v) is 10.9. The van der Waals surface area contributed by atoms with Gasteiger partial charge in [0.15, 0.2) is 5.78 Å². The molecule has 264 valence electrons. The predicted molar refractivity (Wildman–Crippen MR) is 177 cm³/mol. The Kier molecular flexibility index (Phi) is 12.1. The normalized spacial score (nSPS) is 25.6. The lowest BCUT2D eigenvalue weighted by Gasteiger charge is -2.37. The van der Waals surface area contributed by atoms with E-state index in [1.807, 2.05) is 6.92 Å². The lowest BCUT2D eigenvalue weighted by Crippen LogP contribution is -2.60. The zero-order valence-electron chi connectivity index (χ0n) is 29.5. The van der Waals surface area contributed by atoms with Gasteiger partial charge in [0.1, 0.15) is 17.7 Å². The number of hydrogen-bond acceptors (Lipinski definition) is 7. The third-order valence-electron chi connectivity index (χ3n) is 10.9. The highest BCUT2D eigenvalue weighted by Gasteiger charge is 2.69. The molecule has 0 bridgehead atoms. The second-order valence-electron chi connectivity index (χ2n) is 16.1. The topological polar surface area (TPSA) is 151 Å². The van der Waals surface area contributed by atoms with Gasteiger partial charge < -0.3 is 25.6 Å². The van der Waals surface area contributed by atoms with Gasteiger partial charge in [0.05, 0.1) is 12.6 Å². The van der Waals surface area contributed by atoms with Crippen molar-refractivity contribution in [2.75, 3.05) is 13.1 Å². The Hall–Kier alpha value is -2.98. The smallest absolute Gasteiger partial charge is 0.408 e. The van der Waals surface area contributed by atoms with Crippen LogP contribution in [0.1, 0.15) is 125 Å². The maximum Gasteiger partial charge on any atom is 0.408 e. The Bertz CT molecular complexity index is 1180. The summed E-state index contributed by atoms with van der Waals surface area (Å²) in [6.45, 7) is 11.5. The molecule has 4 aliphatic rings. The van der Waals surface area contributed by atoms with Crippen LogP contribution in [-0.4, -0.2) is 77.1 Å². The molecule has 3 saturated carbocycles. The number of alkyl carbamates (subject to hydrolysis) is 1. The summed E-state index contributed by atoms with van der Waals surface area (Å²) in [5.41, 5.74) is -0.903. The van der Waals surface area contributed by atoms with E-state index in [2.05, 4.69) is 29.8 Å². The van der Waals surface area contributed by atoms with Crippen LogP contribution in [-0.2, 0) is 28.7 Å². The van der Waals surface area contributed by atoms with Crippen LogP contribution in [0.5, 0.6) is 0 Å². The molecule has 1 heterocycles. The summed E-state index contributed by atoms with van der Waals surface area (Å²) in [6.07, 6.45) is 10.6. The predicted octanol–water partition coefficient (Wildman–Crippen LogP) is 4.45. The largest absolute Gasteiger partial charge is 0.444 e. The first-order chi connectivity index (χ1) is 22.1. The van der Waals surface area contributed by atoms with Crippen molar-refractivity contribution in [1.29, 1.82) is 0 Å². The van der Waals surface area contributed by atoms with Gasteiger partial charge in [0, 0.05) is 13.0 Å². The highest BCUT2D eigenvalue weighted by Crippen LogP contribution is 2.65. The number of Topliss-reactive ketones (excluding diaryl/α,β-unsaturated/α-hetero) is 2. The number of carbonyl (C=O) groups is 6. The van der Waals surface area contributed by atoms with Gasteiger partial charge >= 0.3 is 6.09 Å². The maximum atomic E-state index is 14.3. The molecule has 4 fully saturated rings. The fraction of sp³-hybridized carbons (Fsp3) is 0.833. The lowest BCUT2D eigenvalue weighted by molar-refractivity contribution is -0.145. The fourth-order valence-corrected chi connectivity index (χ4v) is 8.30. The van der Waals surface area contributed by atoms with Gasteiger partial charge in [0.25, 0.3) is 5.91 Å². The van der Waals surface area contributed by atoms with Gasteiger partial charge in [-0.05, 0) is 69.1 Å². The molecule has 0 aromatic carbocycles. The summed E-state index contributed by atoms with van der Waals surface area (Å²) < 4.78 is 5.51.